The molecule has 102 valence electrons. The van der Waals surface area contributed by atoms with Gasteiger partial charge in [-0.05, 0) is 30.5 Å². The minimum Gasteiger partial charge on any atom is -0.469 e. The van der Waals surface area contributed by atoms with Crippen LogP contribution in [0.5, 0.6) is 0 Å². The molecule has 2 rings (SSSR count). The number of benzene rings is 1. The quantitative estimate of drug-likeness (QED) is 0.822. The molecule has 0 unspecified atom stereocenters. The number of methoxy groups -OCH3 is 1. The predicted molar refractivity (Wildman–Crippen MR) is 67.0 cm³/mol. The van der Waals surface area contributed by atoms with E-state index in [0.29, 0.717) is 0 Å². The van der Waals surface area contributed by atoms with Gasteiger partial charge in [0.2, 0.25) is 5.91 Å². The van der Waals surface area contributed by atoms with E-state index in [4.69, 9.17) is 0 Å². The Labute approximate surface area is 110 Å². The third-order valence-corrected chi connectivity index (χ3v) is 3.42. The van der Waals surface area contributed by atoms with Crippen LogP contribution in [0.4, 0.5) is 4.39 Å². The summed E-state index contributed by atoms with van der Waals surface area (Å²) in [5.41, 5.74) is 0.286. The molecule has 0 heterocycles. The second-order valence-corrected chi connectivity index (χ2v) is 4.67. The number of carbonyl (C=O) groups is 2. The van der Waals surface area contributed by atoms with Gasteiger partial charge >= 0.3 is 5.97 Å². The van der Waals surface area contributed by atoms with Gasteiger partial charge in [-0.2, -0.15) is 0 Å². The summed E-state index contributed by atoms with van der Waals surface area (Å²) in [5, 5.41) is 2.73. The van der Waals surface area contributed by atoms with E-state index in [1.807, 2.05) is 0 Å². The highest BCUT2D eigenvalue weighted by molar-refractivity contribution is 5.91. The smallest absolute Gasteiger partial charge is 0.307 e. The summed E-state index contributed by atoms with van der Waals surface area (Å²) < 4.78 is 17.4. The molecule has 19 heavy (non-hydrogen) atoms. The Morgan fingerprint density at radius 1 is 1.32 bits per heavy atom. The van der Waals surface area contributed by atoms with Crippen LogP contribution in [-0.2, 0) is 19.7 Å². The lowest BCUT2D eigenvalue weighted by Gasteiger charge is -2.15. The van der Waals surface area contributed by atoms with Crippen molar-refractivity contribution in [1.82, 2.24) is 5.32 Å². The number of amides is 1. The number of hydrogen-bond acceptors (Lipinski definition) is 3. The van der Waals surface area contributed by atoms with Crippen LogP contribution < -0.4 is 5.32 Å². The average molecular weight is 265 g/mol. The van der Waals surface area contributed by atoms with Crippen LogP contribution in [0.2, 0.25) is 0 Å². The number of esters is 1. The first-order valence-electron chi connectivity index (χ1n) is 6.20. The van der Waals surface area contributed by atoms with Crippen LogP contribution in [0, 0.1) is 5.82 Å². The molecule has 0 spiro atoms. The lowest BCUT2D eigenvalue weighted by Crippen LogP contribution is -2.36. The second-order valence-electron chi connectivity index (χ2n) is 4.67. The van der Waals surface area contributed by atoms with E-state index in [0.717, 1.165) is 18.4 Å². The van der Waals surface area contributed by atoms with Crippen molar-refractivity contribution in [3.05, 3.63) is 35.6 Å². The lowest BCUT2D eigenvalue weighted by molar-refractivity contribution is -0.140. The monoisotopic (exact) mass is 265 g/mol. The molecule has 1 saturated carbocycles. The Morgan fingerprint density at radius 2 is 1.95 bits per heavy atom. The van der Waals surface area contributed by atoms with Crippen LogP contribution >= 0.6 is 0 Å². The molecule has 0 aliphatic heterocycles. The number of carbonyl (C=O) groups excluding carboxylic acids is 2. The van der Waals surface area contributed by atoms with E-state index >= 15 is 0 Å². The fraction of sp³-hybridized carbons (Fsp3) is 0.429. The molecule has 1 aromatic rings. The van der Waals surface area contributed by atoms with Gasteiger partial charge in [-0.15, -0.1) is 0 Å². The SMILES string of the molecule is COC(=O)CCNC(=O)C1(c2ccc(F)cc2)CC1. The van der Waals surface area contributed by atoms with Crippen molar-refractivity contribution >= 4 is 11.9 Å². The minimum atomic E-state index is -0.538. The number of halogens is 1. The molecule has 1 aliphatic rings. The summed E-state index contributed by atoms with van der Waals surface area (Å²) in [6, 6.07) is 6.00. The van der Waals surface area contributed by atoms with Crippen molar-refractivity contribution in [2.75, 3.05) is 13.7 Å². The van der Waals surface area contributed by atoms with Gasteiger partial charge in [-0.25, -0.2) is 4.39 Å². The van der Waals surface area contributed by atoms with Crippen LogP contribution in [-0.4, -0.2) is 25.5 Å². The molecule has 0 saturated heterocycles. The standard InChI is InChI=1S/C14H16FNO3/c1-19-12(17)6-9-16-13(18)14(7-8-14)10-2-4-11(15)5-3-10/h2-5H,6-9H2,1H3,(H,16,18). The van der Waals surface area contributed by atoms with Gasteiger partial charge < -0.3 is 10.1 Å². The molecule has 5 heteroatoms. The lowest BCUT2D eigenvalue weighted by atomic mass is 9.95. The first kappa shape index (κ1) is 13.5. The first-order chi connectivity index (χ1) is 9.08. The van der Waals surface area contributed by atoms with Gasteiger partial charge in [0.15, 0.2) is 0 Å². The molecule has 0 atom stereocenters. The maximum Gasteiger partial charge on any atom is 0.307 e. The van der Waals surface area contributed by atoms with Gasteiger partial charge in [0.25, 0.3) is 0 Å². The Hall–Kier alpha value is -1.91. The van der Waals surface area contributed by atoms with Crippen LogP contribution in [0.25, 0.3) is 0 Å². The molecule has 0 aromatic heterocycles. The van der Waals surface area contributed by atoms with Gasteiger partial charge in [0, 0.05) is 6.54 Å². The summed E-state index contributed by atoms with van der Waals surface area (Å²) >= 11 is 0. The van der Waals surface area contributed by atoms with E-state index in [1.165, 1.54) is 19.2 Å². The molecular weight excluding hydrogens is 249 g/mol. The van der Waals surface area contributed by atoms with Crippen molar-refractivity contribution in [2.24, 2.45) is 0 Å². The van der Waals surface area contributed by atoms with Gasteiger partial charge in [-0.3, -0.25) is 9.59 Å². The summed E-state index contributed by atoms with van der Waals surface area (Å²) in [6.45, 7) is 0.258. The molecular formula is C14H16FNO3. The van der Waals surface area contributed by atoms with Crippen molar-refractivity contribution in [3.8, 4) is 0 Å². The Morgan fingerprint density at radius 3 is 2.47 bits per heavy atom. The van der Waals surface area contributed by atoms with E-state index in [9.17, 15) is 14.0 Å². The topological polar surface area (TPSA) is 55.4 Å². The highest BCUT2D eigenvalue weighted by atomic mass is 19.1. The maximum atomic E-state index is 12.9. The van der Waals surface area contributed by atoms with E-state index in [1.54, 1.807) is 12.1 Å². The summed E-state index contributed by atoms with van der Waals surface area (Å²) in [6.07, 6.45) is 1.66. The Bertz CT molecular complexity index is 480. The second kappa shape index (κ2) is 5.38. The molecule has 0 bridgehead atoms. The molecule has 0 radical (unpaired) electrons. The molecule has 1 aliphatic carbocycles. The third-order valence-electron chi connectivity index (χ3n) is 3.42. The van der Waals surface area contributed by atoms with Gasteiger partial charge in [0.05, 0.1) is 18.9 Å². The maximum absolute atomic E-state index is 12.9. The van der Waals surface area contributed by atoms with Crippen molar-refractivity contribution in [2.45, 2.75) is 24.7 Å². The third kappa shape index (κ3) is 2.92. The fourth-order valence-corrected chi connectivity index (χ4v) is 2.09. The van der Waals surface area contributed by atoms with E-state index in [2.05, 4.69) is 10.1 Å². The average Bonchev–Trinajstić information content (AvgIpc) is 3.20. The number of ether oxygens (including phenoxy) is 1. The largest absolute Gasteiger partial charge is 0.469 e. The molecule has 1 fully saturated rings. The van der Waals surface area contributed by atoms with Crippen molar-refractivity contribution in [1.29, 1.82) is 0 Å². The van der Waals surface area contributed by atoms with Crippen molar-refractivity contribution in [3.63, 3.8) is 0 Å². The highest BCUT2D eigenvalue weighted by Gasteiger charge is 2.51. The zero-order valence-corrected chi connectivity index (χ0v) is 10.7. The normalized spacial score (nSPS) is 15.7. The van der Waals surface area contributed by atoms with Crippen molar-refractivity contribution < 1.29 is 18.7 Å². The number of rotatable bonds is 5. The number of nitrogens with one attached hydrogen (secondary N) is 1. The van der Waals surface area contributed by atoms with Crippen LogP contribution in [0.15, 0.2) is 24.3 Å². The predicted octanol–water partition coefficient (Wildman–Crippen LogP) is 1.54. The van der Waals surface area contributed by atoms with E-state index in [-0.39, 0.29) is 30.7 Å². The van der Waals surface area contributed by atoms with Gasteiger partial charge in [-0.1, -0.05) is 12.1 Å². The Balaban J connectivity index is 1.95. The number of hydrogen-bond donors (Lipinski definition) is 1. The fourth-order valence-electron chi connectivity index (χ4n) is 2.09. The molecule has 1 N–H and O–H groups in total. The summed E-state index contributed by atoms with van der Waals surface area (Å²) in [7, 11) is 1.31. The molecule has 4 nitrogen and oxygen atoms in total. The first-order valence-corrected chi connectivity index (χ1v) is 6.20. The minimum absolute atomic E-state index is 0.108. The van der Waals surface area contributed by atoms with E-state index < -0.39 is 5.41 Å². The highest BCUT2D eigenvalue weighted by Crippen LogP contribution is 2.48. The molecule has 1 amide bonds. The van der Waals surface area contributed by atoms with Crippen LogP contribution in [0.3, 0.4) is 0 Å². The Kier molecular flexibility index (Phi) is 3.83. The zero-order valence-electron chi connectivity index (χ0n) is 10.7. The summed E-state index contributed by atoms with van der Waals surface area (Å²) in [5.74, 6) is -0.777. The van der Waals surface area contributed by atoms with Crippen LogP contribution in [0.1, 0.15) is 24.8 Å². The molecule has 1 aromatic carbocycles. The summed E-state index contributed by atoms with van der Waals surface area (Å²) in [4.78, 5) is 23.1. The zero-order chi connectivity index (χ0) is 13.9. The van der Waals surface area contributed by atoms with Gasteiger partial charge in [0.1, 0.15) is 5.82 Å².